The van der Waals surface area contributed by atoms with Crippen LogP contribution in [0.15, 0.2) is 53.5 Å². The summed E-state index contributed by atoms with van der Waals surface area (Å²) in [5, 5.41) is 9.19. The lowest BCUT2D eigenvalue weighted by Gasteiger charge is -2.14. The van der Waals surface area contributed by atoms with Crippen LogP contribution in [0.3, 0.4) is 0 Å². The van der Waals surface area contributed by atoms with Crippen molar-refractivity contribution in [1.82, 2.24) is 16.0 Å². The number of amides is 1. The molecule has 0 atom stereocenters. The Morgan fingerprint density at radius 1 is 0.844 bits per heavy atom. The zero-order valence-corrected chi connectivity index (χ0v) is 21.5. The van der Waals surface area contributed by atoms with Gasteiger partial charge in [0.05, 0.1) is 19.8 Å². The fourth-order valence-electron chi connectivity index (χ4n) is 3.01. The molecule has 0 radical (unpaired) electrons. The first kappa shape index (κ1) is 27.5. The van der Waals surface area contributed by atoms with E-state index in [9.17, 15) is 4.79 Å². The molecule has 32 heavy (non-hydrogen) atoms. The molecule has 0 unspecified atom stereocenters. The Morgan fingerprint density at radius 2 is 1.50 bits per heavy atom. The molecule has 0 heterocycles. The molecule has 2 rings (SSSR count). The number of guanidine groups is 1. The van der Waals surface area contributed by atoms with Gasteiger partial charge >= 0.3 is 0 Å². The van der Waals surface area contributed by atoms with E-state index in [0.29, 0.717) is 32.3 Å². The molecular formula is C24H35IN4O3. The van der Waals surface area contributed by atoms with E-state index >= 15 is 0 Å². The third kappa shape index (κ3) is 10.2. The number of hydrogen-bond donors (Lipinski definition) is 3. The number of carbonyl (C=O) groups excluding carboxylic acids is 1. The Balaban J connectivity index is 0.00000512. The lowest BCUT2D eigenvalue weighted by molar-refractivity contribution is -0.119. The number of benzene rings is 2. The lowest BCUT2D eigenvalue weighted by atomic mass is 10.1. The van der Waals surface area contributed by atoms with Crippen molar-refractivity contribution in [2.24, 2.45) is 4.99 Å². The van der Waals surface area contributed by atoms with Crippen molar-refractivity contribution in [3.63, 3.8) is 0 Å². The average molecular weight is 554 g/mol. The second-order valence-electron chi connectivity index (χ2n) is 6.84. The molecule has 0 aromatic heterocycles. The topological polar surface area (TPSA) is 84.0 Å². The van der Waals surface area contributed by atoms with Crippen molar-refractivity contribution in [2.75, 3.05) is 39.9 Å². The van der Waals surface area contributed by atoms with Crippen molar-refractivity contribution < 1.29 is 14.3 Å². The van der Waals surface area contributed by atoms with Crippen LogP contribution in [-0.2, 0) is 17.6 Å². The summed E-state index contributed by atoms with van der Waals surface area (Å²) in [6, 6.07) is 16.1. The van der Waals surface area contributed by atoms with Gasteiger partial charge in [0.1, 0.15) is 0 Å². The van der Waals surface area contributed by atoms with Crippen molar-refractivity contribution in [2.45, 2.75) is 26.7 Å². The number of nitrogens with one attached hydrogen (secondary N) is 3. The summed E-state index contributed by atoms with van der Waals surface area (Å²) in [5.41, 5.74) is 2.34. The maximum Gasteiger partial charge on any atom is 0.239 e. The van der Waals surface area contributed by atoms with E-state index in [1.807, 2.05) is 50.2 Å². The van der Waals surface area contributed by atoms with Crippen LogP contribution < -0.4 is 25.4 Å². The van der Waals surface area contributed by atoms with Crippen molar-refractivity contribution in [1.29, 1.82) is 0 Å². The van der Waals surface area contributed by atoms with Crippen molar-refractivity contribution >= 4 is 35.8 Å². The molecule has 0 aliphatic rings. The Hall–Kier alpha value is -2.49. The van der Waals surface area contributed by atoms with Crippen LogP contribution >= 0.6 is 24.0 Å². The van der Waals surface area contributed by atoms with E-state index in [0.717, 1.165) is 29.9 Å². The fraction of sp³-hybridized carbons (Fsp3) is 0.417. The van der Waals surface area contributed by atoms with Crippen LogP contribution in [0.25, 0.3) is 0 Å². The molecule has 7 nitrogen and oxygen atoms in total. The zero-order valence-electron chi connectivity index (χ0n) is 19.1. The van der Waals surface area contributed by atoms with Crippen LogP contribution in [0, 0.1) is 0 Å². The van der Waals surface area contributed by atoms with E-state index in [1.165, 1.54) is 5.56 Å². The van der Waals surface area contributed by atoms with Gasteiger partial charge in [-0.05, 0) is 49.9 Å². The summed E-state index contributed by atoms with van der Waals surface area (Å²) >= 11 is 0. The summed E-state index contributed by atoms with van der Waals surface area (Å²) in [6.07, 6.45) is 1.60. The second kappa shape index (κ2) is 16.2. The maximum atomic E-state index is 12.1. The molecule has 0 saturated carbocycles. The van der Waals surface area contributed by atoms with Gasteiger partial charge in [-0.15, -0.1) is 24.0 Å². The number of ether oxygens (including phenoxy) is 2. The SMILES string of the molecule is CCOc1ccc(CCNC(=NC)NCC(=O)NCCc2ccccc2)cc1OCC.I. The van der Waals surface area contributed by atoms with Gasteiger partial charge in [-0.3, -0.25) is 9.79 Å². The molecule has 0 bridgehead atoms. The minimum atomic E-state index is -0.0632. The highest BCUT2D eigenvalue weighted by Crippen LogP contribution is 2.28. The van der Waals surface area contributed by atoms with Crippen LogP contribution in [0.1, 0.15) is 25.0 Å². The molecule has 2 aromatic rings. The predicted molar refractivity (Wildman–Crippen MR) is 140 cm³/mol. The molecule has 0 aliphatic carbocycles. The fourth-order valence-corrected chi connectivity index (χ4v) is 3.01. The molecule has 176 valence electrons. The molecule has 8 heteroatoms. The van der Waals surface area contributed by atoms with Gasteiger partial charge in [0.2, 0.25) is 5.91 Å². The largest absolute Gasteiger partial charge is 0.490 e. The normalized spacial score (nSPS) is 10.7. The number of halogens is 1. The number of hydrogen-bond acceptors (Lipinski definition) is 4. The third-order valence-corrected chi connectivity index (χ3v) is 4.53. The summed E-state index contributed by atoms with van der Waals surface area (Å²) in [7, 11) is 1.69. The molecule has 0 aliphatic heterocycles. The van der Waals surface area contributed by atoms with Crippen LogP contribution in [-0.4, -0.2) is 51.8 Å². The molecule has 0 saturated heterocycles. The first-order valence-corrected chi connectivity index (χ1v) is 10.8. The van der Waals surface area contributed by atoms with E-state index in [4.69, 9.17) is 9.47 Å². The minimum absolute atomic E-state index is 0. The molecule has 2 aromatic carbocycles. The zero-order chi connectivity index (χ0) is 22.3. The van der Waals surface area contributed by atoms with E-state index in [-0.39, 0.29) is 36.4 Å². The van der Waals surface area contributed by atoms with Gasteiger partial charge in [-0.2, -0.15) is 0 Å². The van der Waals surface area contributed by atoms with Gasteiger partial charge in [0.15, 0.2) is 17.5 Å². The summed E-state index contributed by atoms with van der Waals surface area (Å²) in [5.74, 6) is 2.05. The van der Waals surface area contributed by atoms with Gasteiger partial charge in [0.25, 0.3) is 0 Å². The molecule has 0 spiro atoms. The first-order chi connectivity index (χ1) is 15.2. The molecule has 0 fully saturated rings. The van der Waals surface area contributed by atoms with E-state index in [2.05, 4.69) is 33.1 Å². The Kier molecular flexibility index (Phi) is 13.9. The third-order valence-electron chi connectivity index (χ3n) is 4.53. The Bertz CT molecular complexity index is 831. The molecule has 1 amide bonds. The van der Waals surface area contributed by atoms with Crippen LogP contribution in [0.2, 0.25) is 0 Å². The van der Waals surface area contributed by atoms with Crippen molar-refractivity contribution in [3.05, 3.63) is 59.7 Å². The van der Waals surface area contributed by atoms with Gasteiger partial charge < -0.3 is 25.4 Å². The predicted octanol–water partition coefficient (Wildman–Crippen LogP) is 3.17. The second-order valence-corrected chi connectivity index (χ2v) is 6.84. The van der Waals surface area contributed by atoms with Crippen molar-refractivity contribution in [3.8, 4) is 11.5 Å². The Morgan fingerprint density at radius 3 is 2.19 bits per heavy atom. The highest BCUT2D eigenvalue weighted by atomic mass is 127. The van der Waals surface area contributed by atoms with Gasteiger partial charge in [0, 0.05) is 20.1 Å². The van der Waals surface area contributed by atoms with E-state index in [1.54, 1.807) is 7.05 Å². The lowest BCUT2D eigenvalue weighted by Crippen LogP contribution is -2.44. The summed E-state index contributed by atoms with van der Waals surface area (Å²) < 4.78 is 11.3. The molecular weight excluding hydrogens is 519 g/mol. The number of rotatable bonds is 12. The standard InChI is InChI=1S/C24H34N4O3.HI/c1-4-30-21-12-11-20(17-22(21)31-5-2)14-16-27-24(25-3)28-18-23(29)26-15-13-19-9-7-6-8-10-19;/h6-12,17H,4-5,13-16,18H2,1-3H3,(H,26,29)(H2,25,27,28);1H. The summed E-state index contributed by atoms with van der Waals surface area (Å²) in [6.45, 7) is 6.55. The number of nitrogens with zero attached hydrogens (tertiary/aromatic N) is 1. The van der Waals surface area contributed by atoms with Crippen LogP contribution in [0.4, 0.5) is 0 Å². The average Bonchev–Trinajstić information content (AvgIpc) is 2.78. The highest BCUT2D eigenvalue weighted by molar-refractivity contribution is 14.0. The minimum Gasteiger partial charge on any atom is -0.490 e. The summed E-state index contributed by atoms with van der Waals surface area (Å²) in [4.78, 5) is 16.2. The Labute approximate surface area is 208 Å². The van der Waals surface area contributed by atoms with E-state index < -0.39 is 0 Å². The maximum absolute atomic E-state index is 12.1. The molecule has 3 N–H and O–H groups in total. The highest BCUT2D eigenvalue weighted by Gasteiger charge is 2.07. The van der Waals surface area contributed by atoms with Gasteiger partial charge in [-0.1, -0.05) is 36.4 Å². The van der Waals surface area contributed by atoms with Crippen LogP contribution in [0.5, 0.6) is 11.5 Å². The number of aliphatic imine (C=N–C) groups is 1. The monoisotopic (exact) mass is 554 g/mol. The first-order valence-electron chi connectivity index (χ1n) is 10.8. The number of carbonyl (C=O) groups is 1. The van der Waals surface area contributed by atoms with Gasteiger partial charge in [-0.25, -0.2) is 0 Å². The quantitative estimate of drug-likeness (QED) is 0.213. The smallest absolute Gasteiger partial charge is 0.239 e.